The summed E-state index contributed by atoms with van der Waals surface area (Å²) in [6, 6.07) is 4.15. The van der Waals surface area contributed by atoms with Crippen molar-refractivity contribution in [1.82, 2.24) is 10.2 Å². The van der Waals surface area contributed by atoms with Crippen LogP contribution in [0.15, 0.2) is 18.2 Å². The Bertz CT molecular complexity index is 975. The van der Waals surface area contributed by atoms with E-state index in [9.17, 15) is 18.8 Å². The first-order chi connectivity index (χ1) is 16.9. The summed E-state index contributed by atoms with van der Waals surface area (Å²) in [5.41, 5.74) is -1.82. The fourth-order valence-corrected chi connectivity index (χ4v) is 5.37. The molecule has 0 saturated carbocycles. The molecule has 0 spiro atoms. The van der Waals surface area contributed by atoms with E-state index in [0.29, 0.717) is 26.2 Å². The van der Waals surface area contributed by atoms with E-state index in [4.69, 9.17) is 34.3 Å². The molecule has 1 aromatic rings. The SMILES string of the molecule is O=C(NC[C@H]1CN(c2ccc(N3CCN(C(=O)CO)CC3)c(F)c2)C(=O)O1)OC(P(O)O)[PH](O)(O)O. The van der Waals surface area contributed by atoms with Crippen molar-refractivity contribution < 1.29 is 57.8 Å². The number of nitrogens with zero attached hydrogens (tertiary/aromatic N) is 3. The van der Waals surface area contributed by atoms with Gasteiger partial charge in [0.25, 0.3) is 0 Å². The Balaban J connectivity index is 1.55. The zero-order valence-corrected chi connectivity index (χ0v) is 20.6. The Morgan fingerprint density at radius 2 is 1.89 bits per heavy atom. The molecule has 18 heteroatoms. The van der Waals surface area contributed by atoms with Crippen molar-refractivity contribution in [2.75, 3.05) is 55.7 Å². The van der Waals surface area contributed by atoms with E-state index in [1.807, 2.05) is 0 Å². The number of piperazine rings is 1. The van der Waals surface area contributed by atoms with Crippen LogP contribution in [-0.4, -0.2) is 110 Å². The number of ether oxygens (including phenoxy) is 2. The molecule has 3 rings (SSSR count). The van der Waals surface area contributed by atoms with Crippen molar-refractivity contribution in [3.63, 3.8) is 0 Å². The van der Waals surface area contributed by atoms with Crippen molar-refractivity contribution in [2.24, 2.45) is 0 Å². The number of rotatable bonds is 8. The first-order valence-electron chi connectivity index (χ1n) is 10.6. The van der Waals surface area contributed by atoms with Crippen LogP contribution in [0.25, 0.3) is 0 Å². The third-order valence-electron chi connectivity index (χ3n) is 5.46. The Kier molecular flexibility index (Phi) is 9.19. The van der Waals surface area contributed by atoms with Crippen LogP contribution < -0.4 is 15.1 Å². The standard InChI is InChI=1S/C18H27FN4O11P2/c19-13-7-11(1-2-14(13)21-3-5-22(6-4-21)15(25)10-24)23-9-12(33-17(23)27)8-20-16(26)34-18(35(28)29)36(30,31)32/h1-2,7,12,18,24,28-32,36H,3-6,8-10H2,(H,20,26)/t12-,18?/m0/s1. The van der Waals surface area contributed by atoms with Gasteiger partial charge in [0.2, 0.25) is 5.91 Å². The Hall–Kier alpha value is -2.42. The molecular formula is C18H27FN4O11P2. The third kappa shape index (κ3) is 6.87. The maximum atomic E-state index is 14.9. The number of nitrogens with one attached hydrogen (secondary N) is 1. The molecule has 2 aliphatic rings. The molecule has 0 radical (unpaired) electrons. The molecular weight excluding hydrogens is 529 g/mol. The van der Waals surface area contributed by atoms with Gasteiger partial charge in [-0.2, -0.15) is 0 Å². The molecule has 2 atom stereocenters. The predicted molar refractivity (Wildman–Crippen MR) is 124 cm³/mol. The number of anilines is 2. The van der Waals surface area contributed by atoms with Crippen molar-refractivity contribution in [3.05, 3.63) is 24.0 Å². The van der Waals surface area contributed by atoms with Crippen molar-refractivity contribution in [2.45, 2.75) is 11.7 Å². The predicted octanol–water partition coefficient (Wildman–Crippen LogP) is -1.43. The van der Waals surface area contributed by atoms with Gasteiger partial charge < -0.3 is 14.9 Å². The number of carbonyl (C=O) groups excluding carboxylic acids is 3. The summed E-state index contributed by atoms with van der Waals surface area (Å²) in [5, 5.41) is 11.1. The number of cyclic esters (lactones) is 1. The average molecular weight is 556 g/mol. The molecule has 202 valence electrons. The van der Waals surface area contributed by atoms with E-state index in [2.05, 4.69) is 10.1 Å². The Labute approximate surface area is 205 Å². The summed E-state index contributed by atoms with van der Waals surface area (Å²) < 4.78 is 24.4. The summed E-state index contributed by atoms with van der Waals surface area (Å²) >= 11 is 0. The number of benzene rings is 1. The number of aliphatic hydroxyl groups excluding tert-OH is 1. The topological polar surface area (TPSA) is 213 Å². The first kappa shape index (κ1) is 28.2. The third-order valence-corrected chi connectivity index (χ3v) is 8.50. The van der Waals surface area contributed by atoms with Gasteiger partial charge in [0, 0.05) is 26.2 Å². The quantitative estimate of drug-likeness (QED) is 0.184. The molecule has 7 N–H and O–H groups in total. The molecule has 36 heavy (non-hydrogen) atoms. The van der Waals surface area contributed by atoms with Gasteiger partial charge in [-0.15, -0.1) is 0 Å². The van der Waals surface area contributed by atoms with Gasteiger partial charge in [-0.25, -0.2) is 0 Å². The van der Waals surface area contributed by atoms with Gasteiger partial charge in [-0.1, -0.05) is 0 Å². The minimum atomic E-state index is -5.19. The molecule has 0 bridgehead atoms. The maximum absolute atomic E-state index is 14.9. The van der Waals surface area contributed by atoms with Gasteiger partial charge in [-0.05, 0) is 0 Å². The Morgan fingerprint density at radius 1 is 1.22 bits per heavy atom. The number of halogens is 1. The molecule has 2 heterocycles. The summed E-state index contributed by atoms with van der Waals surface area (Å²) in [6.45, 7) is 0.404. The second-order valence-corrected chi connectivity index (χ2v) is 11.4. The zero-order valence-electron chi connectivity index (χ0n) is 18.7. The summed E-state index contributed by atoms with van der Waals surface area (Å²) in [7, 11) is -8.38. The van der Waals surface area contributed by atoms with E-state index in [1.165, 1.54) is 17.0 Å². The number of carbonyl (C=O) groups is 3. The fourth-order valence-electron chi connectivity index (χ4n) is 3.68. The number of hydrogen-bond donors (Lipinski definition) is 7. The number of aliphatic hydroxyl groups is 1. The van der Waals surface area contributed by atoms with Crippen LogP contribution in [0.3, 0.4) is 0 Å². The molecule has 3 amide bonds. The van der Waals surface area contributed by atoms with Gasteiger partial charge in [0.05, 0.1) is 0 Å². The van der Waals surface area contributed by atoms with Gasteiger partial charge in [0.1, 0.15) is 6.61 Å². The first-order valence-corrected chi connectivity index (χ1v) is 13.8. The van der Waals surface area contributed by atoms with E-state index in [1.54, 1.807) is 4.90 Å². The number of hydrogen-bond acceptors (Lipinski definition) is 12. The molecule has 0 aliphatic carbocycles. The molecule has 1 unspecified atom stereocenters. The number of amides is 3. The van der Waals surface area contributed by atoms with Crippen molar-refractivity contribution in [1.29, 1.82) is 0 Å². The van der Waals surface area contributed by atoms with Crippen LogP contribution in [0.4, 0.5) is 25.4 Å². The number of alkyl carbamates (subject to hydrolysis) is 1. The molecule has 2 saturated heterocycles. The normalized spacial score (nSPS) is 19.8. The van der Waals surface area contributed by atoms with Crippen molar-refractivity contribution in [3.8, 4) is 0 Å². The van der Waals surface area contributed by atoms with E-state index < -0.39 is 58.5 Å². The second kappa shape index (κ2) is 11.8. The second-order valence-electron chi connectivity index (χ2n) is 7.92. The van der Waals surface area contributed by atoms with Crippen LogP contribution in [0.1, 0.15) is 0 Å². The Morgan fingerprint density at radius 3 is 2.44 bits per heavy atom. The van der Waals surface area contributed by atoms with Crippen LogP contribution >= 0.6 is 16.3 Å². The molecule has 15 nitrogen and oxygen atoms in total. The van der Waals surface area contributed by atoms with Gasteiger partial charge in [0.15, 0.2) is 0 Å². The van der Waals surface area contributed by atoms with E-state index >= 15 is 0 Å². The van der Waals surface area contributed by atoms with Crippen LogP contribution in [0, 0.1) is 5.82 Å². The van der Waals surface area contributed by atoms with Crippen LogP contribution in [0.2, 0.25) is 0 Å². The molecule has 1 aromatic carbocycles. The summed E-state index contributed by atoms with van der Waals surface area (Å²) in [4.78, 5) is 85.6. The van der Waals surface area contributed by atoms with Gasteiger partial charge >= 0.3 is 147 Å². The van der Waals surface area contributed by atoms with Crippen LogP contribution in [-0.2, 0) is 14.3 Å². The van der Waals surface area contributed by atoms with Crippen molar-refractivity contribution >= 4 is 45.8 Å². The summed E-state index contributed by atoms with van der Waals surface area (Å²) in [6.07, 6.45) is -3.03. The van der Waals surface area contributed by atoms with Gasteiger partial charge in [-0.3, -0.25) is 4.79 Å². The minimum absolute atomic E-state index is 0.0747. The molecule has 2 aliphatic heterocycles. The molecule has 2 fully saturated rings. The van der Waals surface area contributed by atoms with E-state index in [0.717, 1.165) is 11.0 Å². The fraction of sp³-hybridized carbons (Fsp3) is 0.500. The zero-order chi connectivity index (χ0) is 26.6. The summed E-state index contributed by atoms with van der Waals surface area (Å²) in [5.74, 6) is -1.00. The monoisotopic (exact) mass is 556 g/mol. The average Bonchev–Trinajstić information content (AvgIpc) is 3.20. The van der Waals surface area contributed by atoms with Crippen LogP contribution in [0.5, 0.6) is 0 Å². The van der Waals surface area contributed by atoms with E-state index in [-0.39, 0.29) is 24.5 Å². The molecule has 0 aromatic heterocycles.